The highest BCUT2D eigenvalue weighted by Crippen LogP contribution is 2.29. The van der Waals surface area contributed by atoms with E-state index in [1.54, 1.807) is 0 Å². The van der Waals surface area contributed by atoms with Crippen LogP contribution in [0.2, 0.25) is 0 Å². The molecule has 31 heavy (non-hydrogen) atoms. The average molecular weight is 438 g/mol. The minimum Gasteiger partial charge on any atom is -0.318 e. The van der Waals surface area contributed by atoms with Crippen molar-refractivity contribution in [3.63, 3.8) is 0 Å². The van der Waals surface area contributed by atoms with Gasteiger partial charge in [0.05, 0.1) is 31.8 Å². The highest BCUT2D eigenvalue weighted by molar-refractivity contribution is 5.65. The summed E-state index contributed by atoms with van der Waals surface area (Å²) in [5.74, 6) is 4.99. The Bertz CT molecular complexity index is 998. The van der Waals surface area contributed by atoms with E-state index in [1.807, 2.05) is 6.79 Å². The lowest BCUT2D eigenvalue weighted by Crippen LogP contribution is -2.09. The Hall–Kier alpha value is -5.06. The van der Waals surface area contributed by atoms with Crippen LogP contribution in [0.15, 0.2) is 41.5 Å². The fourth-order valence-electron chi connectivity index (χ4n) is 1.87. The zero-order chi connectivity index (χ0) is 24.1. The van der Waals surface area contributed by atoms with Gasteiger partial charge in [-0.2, -0.15) is 5.10 Å². The summed E-state index contributed by atoms with van der Waals surface area (Å²) in [5.41, 5.74) is 2.89. The average Bonchev–Trinajstić information content (AvgIpc) is 2.75. The lowest BCUT2D eigenvalue weighted by atomic mass is 10.2. The lowest BCUT2D eigenvalue weighted by Gasteiger charge is -2.00. The Morgan fingerprint density at radius 3 is 1.45 bits per heavy atom. The van der Waals surface area contributed by atoms with Crippen molar-refractivity contribution < 1.29 is 24.5 Å². The van der Waals surface area contributed by atoms with Gasteiger partial charge in [0.25, 0.3) is 11.4 Å². The number of hydrogen-bond donors (Lipinski definition) is 3. The van der Waals surface area contributed by atoms with Crippen molar-refractivity contribution >= 4 is 47.6 Å². The smallest absolute Gasteiger partial charge is 0.301 e. The molecule has 0 bridgehead atoms. The number of nitrogens with one attached hydrogen (secondary N) is 2. The topological polar surface area (TPSA) is 252 Å². The van der Waals surface area contributed by atoms with Gasteiger partial charge in [-0.1, -0.05) is 0 Å². The maximum absolute atomic E-state index is 10.6. The molecule has 0 aromatic heterocycles. The van der Waals surface area contributed by atoms with Gasteiger partial charge >= 0.3 is 11.4 Å². The number of nitrogen functional groups attached to an aromatic ring is 1. The van der Waals surface area contributed by atoms with Gasteiger partial charge in [-0.3, -0.25) is 51.7 Å². The van der Waals surface area contributed by atoms with Crippen LogP contribution >= 0.6 is 0 Å². The summed E-state index contributed by atoms with van der Waals surface area (Å²) in [4.78, 5) is 46.8. The molecule has 0 radical (unpaired) electrons. The van der Waals surface area contributed by atoms with Crippen molar-refractivity contribution in [1.82, 2.24) is 0 Å². The minimum atomic E-state index is -0.748. The predicted octanol–water partition coefficient (Wildman–Crippen LogP) is 2.13. The van der Waals surface area contributed by atoms with Crippen LogP contribution in [-0.2, 0) is 4.79 Å². The van der Waals surface area contributed by atoms with E-state index >= 15 is 0 Å². The molecule has 4 N–H and O–H groups in total. The molecule has 17 nitrogen and oxygen atoms in total. The van der Waals surface area contributed by atoms with Crippen LogP contribution in [0.4, 0.5) is 34.1 Å². The number of hydrogen-bond acceptors (Lipinski definition) is 13. The van der Waals surface area contributed by atoms with E-state index in [9.17, 15) is 40.5 Å². The molecule has 0 aliphatic carbocycles. The molecule has 2 aromatic rings. The molecule has 2 rings (SSSR count). The van der Waals surface area contributed by atoms with E-state index < -0.39 is 31.1 Å². The number of benzene rings is 2. The minimum absolute atomic E-state index is 0.0283. The summed E-state index contributed by atoms with van der Waals surface area (Å²) in [6, 6.07) is 6.34. The number of nitrogens with zero attached hydrogens (tertiary/aromatic N) is 5. The Morgan fingerprint density at radius 1 is 0.742 bits per heavy atom. The third-order valence-corrected chi connectivity index (χ3v) is 3.13. The van der Waals surface area contributed by atoms with Gasteiger partial charge in [0.15, 0.2) is 0 Å². The fourth-order valence-corrected chi connectivity index (χ4v) is 1.87. The second-order valence-electron chi connectivity index (χ2n) is 4.85. The summed E-state index contributed by atoms with van der Waals surface area (Å²) < 4.78 is 0. The van der Waals surface area contributed by atoms with E-state index in [0.29, 0.717) is 0 Å². The molecule has 0 amide bonds. The van der Waals surface area contributed by atoms with Gasteiger partial charge in [0, 0.05) is 18.9 Å². The molecule has 0 fully saturated rings. The Labute approximate surface area is 171 Å². The number of hydrazone groups is 1. The first-order valence-corrected chi connectivity index (χ1v) is 7.45. The summed E-state index contributed by atoms with van der Waals surface area (Å²) in [5, 5.41) is 44.9. The second-order valence-corrected chi connectivity index (χ2v) is 4.85. The Kier molecular flexibility index (Phi) is 10.4. The van der Waals surface area contributed by atoms with Gasteiger partial charge in [-0.25, -0.2) is 0 Å². The maximum atomic E-state index is 10.6. The number of rotatable bonds is 7. The fraction of sp³-hybridized carbons (Fsp3) is 0. The number of nitrogens with two attached hydrogens (primary N) is 1. The molecule has 164 valence electrons. The zero-order valence-electron chi connectivity index (χ0n) is 15.4. The van der Waals surface area contributed by atoms with Crippen LogP contribution in [0.5, 0.6) is 0 Å². The molecule has 0 saturated carbocycles. The van der Waals surface area contributed by atoms with Gasteiger partial charge in [0.2, 0.25) is 0 Å². The molecule has 17 heteroatoms. The van der Waals surface area contributed by atoms with Crippen LogP contribution in [0, 0.1) is 40.5 Å². The zero-order valence-corrected chi connectivity index (χ0v) is 15.4. The third-order valence-electron chi connectivity index (χ3n) is 3.13. The van der Waals surface area contributed by atoms with Crippen molar-refractivity contribution in [2.75, 3.05) is 10.9 Å². The van der Waals surface area contributed by atoms with Crippen LogP contribution in [0.1, 0.15) is 0 Å². The Morgan fingerprint density at radius 2 is 1.13 bits per heavy atom. The Balaban J connectivity index is 0.000000539. The van der Waals surface area contributed by atoms with Crippen molar-refractivity contribution in [1.29, 1.82) is 0 Å². The van der Waals surface area contributed by atoms with E-state index in [1.165, 1.54) is 12.1 Å². The van der Waals surface area contributed by atoms with Crippen molar-refractivity contribution in [2.45, 2.75) is 0 Å². The van der Waals surface area contributed by atoms with Crippen LogP contribution in [0.25, 0.3) is 0 Å². The van der Waals surface area contributed by atoms with E-state index in [2.05, 4.69) is 22.7 Å². The molecule has 0 aliphatic heterocycles. The number of carbonyl (C=O) groups is 1. The number of hydrazine groups is 1. The van der Waals surface area contributed by atoms with Crippen molar-refractivity contribution in [2.24, 2.45) is 10.9 Å². The van der Waals surface area contributed by atoms with Gasteiger partial charge in [-0.05, 0) is 12.1 Å². The first-order valence-electron chi connectivity index (χ1n) is 7.45. The lowest BCUT2D eigenvalue weighted by molar-refractivity contribution is -0.393. The number of nitro groups is 4. The summed E-state index contributed by atoms with van der Waals surface area (Å²) in [6.45, 7) is 5.10. The molecule has 0 atom stereocenters. The highest BCUT2D eigenvalue weighted by Gasteiger charge is 2.19. The number of carbonyl (C=O) groups excluding carboxylic acids is 1. The van der Waals surface area contributed by atoms with Crippen LogP contribution < -0.4 is 16.7 Å². The third kappa shape index (κ3) is 7.46. The molecule has 0 unspecified atom stereocenters. The maximum Gasteiger partial charge on any atom is 0.301 e. The van der Waals surface area contributed by atoms with Gasteiger partial charge in [0.1, 0.15) is 18.2 Å². The second kappa shape index (κ2) is 12.4. The number of non-ortho nitro benzene ring substituents is 2. The molecular formula is C14H14N8O9. The van der Waals surface area contributed by atoms with Crippen molar-refractivity contribution in [3.05, 3.63) is 76.9 Å². The van der Waals surface area contributed by atoms with Crippen molar-refractivity contribution in [3.8, 4) is 0 Å². The molecule has 0 saturated heterocycles. The molecule has 0 spiro atoms. The highest BCUT2D eigenvalue weighted by atomic mass is 16.6. The summed E-state index contributed by atoms with van der Waals surface area (Å²) in [7, 11) is 0. The van der Waals surface area contributed by atoms with Gasteiger partial charge < -0.3 is 10.2 Å². The molecule has 0 heterocycles. The van der Waals surface area contributed by atoms with Crippen LogP contribution in [-0.4, -0.2) is 33.2 Å². The summed E-state index contributed by atoms with van der Waals surface area (Å²) in [6.07, 6.45) is 0. The molecule has 0 aliphatic rings. The SMILES string of the molecule is C=NNc1ccc([N+](=O)[O-])cc1[N+](=O)[O-].C=O.NNc1ccc([N+](=O)[O-])cc1[N+](=O)[O-]. The normalized spacial score (nSPS) is 8.94. The largest absolute Gasteiger partial charge is 0.318 e. The first-order chi connectivity index (χ1) is 14.6. The number of nitro benzene ring substituents is 4. The first kappa shape index (κ1) is 25.9. The van der Waals surface area contributed by atoms with E-state index in [-0.39, 0.29) is 22.7 Å². The van der Waals surface area contributed by atoms with E-state index in [0.717, 1.165) is 24.3 Å². The monoisotopic (exact) mass is 438 g/mol. The van der Waals surface area contributed by atoms with Gasteiger partial charge in [-0.15, -0.1) is 0 Å². The molecular weight excluding hydrogens is 424 g/mol. The number of anilines is 2. The quantitative estimate of drug-likeness (QED) is 0.243. The predicted molar refractivity (Wildman–Crippen MR) is 108 cm³/mol. The van der Waals surface area contributed by atoms with Crippen LogP contribution in [0.3, 0.4) is 0 Å². The molecule has 2 aromatic carbocycles. The standard InChI is InChI=1S/C7H6N4O4.C6H6N4O4.CH2O/c1-8-9-6-3-2-5(10(12)13)4-7(6)11(14)15;7-8-5-2-1-4(9(11)12)3-6(5)10(13)14;1-2/h2-4,9H,1H2;1-3,8H,7H2;1H2. The van der Waals surface area contributed by atoms with E-state index in [4.69, 9.17) is 10.6 Å². The summed E-state index contributed by atoms with van der Waals surface area (Å²) >= 11 is 0.